The van der Waals surface area contributed by atoms with Gasteiger partial charge >= 0.3 is 5.97 Å². The minimum atomic E-state index is -0.363. The zero-order valence-corrected chi connectivity index (χ0v) is 22.8. The first-order valence-corrected chi connectivity index (χ1v) is 13.6. The van der Waals surface area contributed by atoms with E-state index in [2.05, 4.69) is 95.4 Å². The van der Waals surface area contributed by atoms with E-state index >= 15 is 0 Å². The number of carbonyl (C=O) groups excluding carboxylic acids is 1. The Kier molecular flexibility index (Phi) is 8.05. The molecule has 1 heterocycles. The van der Waals surface area contributed by atoms with Gasteiger partial charge in [0, 0.05) is 15.4 Å². The van der Waals surface area contributed by atoms with Crippen LogP contribution in [-0.2, 0) is 16.0 Å². The third-order valence-corrected chi connectivity index (χ3v) is 7.79. The number of methoxy groups -OCH3 is 1. The molecule has 37 heavy (non-hydrogen) atoms. The summed E-state index contributed by atoms with van der Waals surface area (Å²) >= 11 is 2.31. The molecule has 3 nitrogen and oxygen atoms in total. The van der Waals surface area contributed by atoms with Crippen molar-refractivity contribution >= 4 is 34.6 Å². The summed E-state index contributed by atoms with van der Waals surface area (Å²) in [5, 5.41) is 0. The van der Waals surface area contributed by atoms with Crippen LogP contribution < -0.4 is 4.74 Å². The number of carbonyl (C=O) groups is 1. The Morgan fingerprint density at radius 2 is 1.51 bits per heavy atom. The molecule has 0 aliphatic carbocycles. The summed E-state index contributed by atoms with van der Waals surface area (Å²) in [7, 11) is 1.66. The highest BCUT2D eigenvalue weighted by molar-refractivity contribution is 14.1. The van der Waals surface area contributed by atoms with Crippen molar-refractivity contribution in [2.24, 2.45) is 11.8 Å². The van der Waals surface area contributed by atoms with Gasteiger partial charge in [0.1, 0.15) is 11.9 Å². The Morgan fingerprint density at radius 1 is 0.865 bits per heavy atom. The quantitative estimate of drug-likeness (QED) is 0.153. The number of allylic oxidation sites excluding steroid dienone is 1. The summed E-state index contributed by atoms with van der Waals surface area (Å²) in [6.07, 6.45) is 4.68. The summed E-state index contributed by atoms with van der Waals surface area (Å²) < 4.78 is 12.7. The van der Waals surface area contributed by atoms with Crippen LogP contribution in [0.15, 0.2) is 115 Å². The number of cyclic esters (lactones) is 1. The Labute approximate surface area is 232 Å². The maximum atomic E-state index is 13.5. The van der Waals surface area contributed by atoms with Crippen LogP contribution >= 0.6 is 22.6 Å². The van der Waals surface area contributed by atoms with Crippen LogP contribution in [0, 0.1) is 15.4 Å². The number of ether oxygens (including phenoxy) is 2. The molecule has 0 aromatic heterocycles. The lowest BCUT2D eigenvalue weighted by molar-refractivity contribution is -0.144. The molecule has 0 bridgehead atoms. The van der Waals surface area contributed by atoms with Crippen LogP contribution in [0.1, 0.15) is 34.3 Å². The fourth-order valence-corrected chi connectivity index (χ4v) is 5.55. The minimum absolute atomic E-state index is 0.0196. The molecule has 5 rings (SSSR count). The van der Waals surface area contributed by atoms with Crippen molar-refractivity contribution in [3.8, 4) is 5.75 Å². The number of benzene rings is 4. The molecule has 0 radical (unpaired) electrons. The number of hydrogen-bond donors (Lipinski definition) is 0. The van der Waals surface area contributed by atoms with E-state index in [1.165, 1.54) is 9.13 Å². The van der Waals surface area contributed by atoms with Gasteiger partial charge in [-0.2, -0.15) is 0 Å². The molecule has 4 heteroatoms. The second-order valence-corrected chi connectivity index (χ2v) is 10.6. The average Bonchev–Trinajstić information content (AvgIpc) is 3.26. The Hall–Kier alpha value is -3.38. The first-order chi connectivity index (χ1) is 18.1. The lowest BCUT2D eigenvalue weighted by atomic mass is 9.72. The first kappa shape index (κ1) is 25.3. The molecule has 0 saturated carbocycles. The molecule has 4 aromatic rings. The van der Waals surface area contributed by atoms with Gasteiger partial charge in [-0.25, -0.2) is 0 Å². The molecule has 1 saturated heterocycles. The van der Waals surface area contributed by atoms with Gasteiger partial charge in [0.2, 0.25) is 0 Å². The van der Waals surface area contributed by atoms with Gasteiger partial charge in [-0.05, 0) is 75.5 Å². The molecule has 0 unspecified atom stereocenters. The molecule has 1 aliphatic rings. The Balaban J connectivity index is 1.59. The van der Waals surface area contributed by atoms with Crippen molar-refractivity contribution < 1.29 is 14.3 Å². The number of esters is 1. The zero-order chi connectivity index (χ0) is 25.6. The van der Waals surface area contributed by atoms with Gasteiger partial charge in [0.15, 0.2) is 0 Å². The molecule has 4 aromatic carbocycles. The molecule has 1 aliphatic heterocycles. The zero-order valence-electron chi connectivity index (χ0n) is 20.7. The van der Waals surface area contributed by atoms with Crippen molar-refractivity contribution in [3.05, 3.63) is 141 Å². The summed E-state index contributed by atoms with van der Waals surface area (Å²) in [6, 6.07) is 37.1. The van der Waals surface area contributed by atoms with Crippen LogP contribution in [-0.4, -0.2) is 13.1 Å². The highest BCUT2D eigenvalue weighted by Crippen LogP contribution is 2.49. The van der Waals surface area contributed by atoms with Crippen molar-refractivity contribution in [1.82, 2.24) is 0 Å². The van der Waals surface area contributed by atoms with Gasteiger partial charge in [0.25, 0.3) is 0 Å². The second-order valence-electron chi connectivity index (χ2n) is 9.35. The van der Waals surface area contributed by atoms with Crippen molar-refractivity contribution in [1.29, 1.82) is 0 Å². The van der Waals surface area contributed by atoms with E-state index in [1.54, 1.807) is 7.11 Å². The summed E-state index contributed by atoms with van der Waals surface area (Å²) in [5.41, 5.74) is 4.42. The predicted molar refractivity (Wildman–Crippen MR) is 156 cm³/mol. The summed E-state index contributed by atoms with van der Waals surface area (Å²) in [4.78, 5) is 13.5. The van der Waals surface area contributed by atoms with Gasteiger partial charge in [-0.15, -0.1) is 0 Å². The molecule has 0 spiro atoms. The minimum Gasteiger partial charge on any atom is -0.497 e. The lowest BCUT2D eigenvalue weighted by Gasteiger charge is -2.29. The van der Waals surface area contributed by atoms with E-state index < -0.39 is 0 Å². The van der Waals surface area contributed by atoms with E-state index in [-0.39, 0.29) is 29.8 Å². The average molecular weight is 600 g/mol. The SMILES string of the molecule is COc1ccc([C@H]2OC(=O)[C@@H](Cc3ccc(I)cc3)[C@@H]2[C@@H](/C=C/c2ccccc2)c2ccccc2)cc1. The maximum absolute atomic E-state index is 13.5. The Morgan fingerprint density at radius 3 is 2.16 bits per heavy atom. The van der Waals surface area contributed by atoms with Crippen LogP contribution in [0.25, 0.3) is 6.08 Å². The molecule has 0 N–H and O–H groups in total. The first-order valence-electron chi connectivity index (χ1n) is 12.5. The van der Waals surface area contributed by atoms with Crippen molar-refractivity contribution in [3.63, 3.8) is 0 Å². The second kappa shape index (κ2) is 11.8. The van der Waals surface area contributed by atoms with E-state index in [1.807, 2.05) is 48.5 Å². The standard InChI is InChI=1S/C33H29IO3/c1-36-28-19-15-26(16-20-28)32-31(30(33(35)37-32)22-24-12-17-27(34)18-13-24)29(25-10-6-3-7-11-25)21-14-23-8-4-2-5-9-23/h2-21,29-32H,22H2,1H3/b21-14+/t29-,30-,31-,32+/m0/s1. The fraction of sp³-hybridized carbons (Fsp3) is 0.182. The fourth-order valence-electron chi connectivity index (χ4n) is 5.19. The summed E-state index contributed by atoms with van der Waals surface area (Å²) in [6.45, 7) is 0. The van der Waals surface area contributed by atoms with Crippen LogP contribution in [0.4, 0.5) is 0 Å². The number of rotatable bonds is 8. The topological polar surface area (TPSA) is 35.5 Å². The Bertz CT molecular complexity index is 1330. The van der Waals surface area contributed by atoms with Gasteiger partial charge in [-0.1, -0.05) is 97.1 Å². The van der Waals surface area contributed by atoms with Gasteiger partial charge in [-0.3, -0.25) is 4.79 Å². The maximum Gasteiger partial charge on any atom is 0.310 e. The van der Waals surface area contributed by atoms with Crippen LogP contribution in [0.2, 0.25) is 0 Å². The van der Waals surface area contributed by atoms with E-state index in [9.17, 15) is 4.79 Å². The number of halogens is 1. The highest BCUT2D eigenvalue weighted by atomic mass is 127. The molecule has 1 fully saturated rings. The van der Waals surface area contributed by atoms with Crippen molar-refractivity contribution in [2.75, 3.05) is 7.11 Å². The van der Waals surface area contributed by atoms with E-state index in [0.29, 0.717) is 6.42 Å². The van der Waals surface area contributed by atoms with Gasteiger partial charge < -0.3 is 9.47 Å². The smallest absolute Gasteiger partial charge is 0.310 e. The molecule has 186 valence electrons. The molecular weight excluding hydrogens is 571 g/mol. The normalized spacial score (nSPS) is 20.1. The lowest BCUT2D eigenvalue weighted by Crippen LogP contribution is -2.25. The predicted octanol–water partition coefficient (Wildman–Crippen LogP) is 7.87. The largest absolute Gasteiger partial charge is 0.497 e. The van der Waals surface area contributed by atoms with E-state index in [4.69, 9.17) is 9.47 Å². The molecule has 4 atom stereocenters. The van der Waals surface area contributed by atoms with Crippen LogP contribution in [0.3, 0.4) is 0 Å². The molecule has 0 amide bonds. The van der Waals surface area contributed by atoms with Crippen LogP contribution in [0.5, 0.6) is 5.75 Å². The highest BCUT2D eigenvalue weighted by Gasteiger charge is 2.48. The third kappa shape index (κ3) is 5.96. The number of hydrogen-bond acceptors (Lipinski definition) is 3. The van der Waals surface area contributed by atoms with E-state index in [0.717, 1.165) is 22.4 Å². The third-order valence-electron chi connectivity index (χ3n) is 7.07. The molecular formula is C33H29IO3. The van der Waals surface area contributed by atoms with Gasteiger partial charge in [0.05, 0.1) is 13.0 Å². The monoisotopic (exact) mass is 600 g/mol. The summed E-state index contributed by atoms with van der Waals surface area (Å²) in [5.74, 6) is 0.260. The van der Waals surface area contributed by atoms with Crippen molar-refractivity contribution in [2.45, 2.75) is 18.4 Å².